The summed E-state index contributed by atoms with van der Waals surface area (Å²) in [7, 11) is 0. The van der Waals surface area contributed by atoms with Gasteiger partial charge < -0.3 is 5.11 Å². The lowest BCUT2D eigenvalue weighted by atomic mass is 10.2. The molecule has 0 unspecified atom stereocenters. The Hall–Kier alpha value is -2.03. The van der Waals surface area contributed by atoms with Gasteiger partial charge in [-0.15, -0.1) is 0 Å². The molecule has 1 rings (SSSR count). The van der Waals surface area contributed by atoms with E-state index in [1.807, 2.05) is 0 Å². The molecule has 1 N–H and O–H groups in total. The maximum atomic E-state index is 12.1. The first-order chi connectivity index (χ1) is 6.56. The van der Waals surface area contributed by atoms with Gasteiger partial charge in [-0.2, -0.15) is 5.26 Å². The van der Waals surface area contributed by atoms with E-state index in [9.17, 15) is 13.6 Å². The Balaban J connectivity index is 3.30. The first kappa shape index (κ1) is 10.1. The van der Waals surface area contributed by atoms with Crippen molar-refractivity contribution < 1.29 is 18.7 Å². The van der Waals surface area contributed by atoms with E-state index >= 15 is 0 Å². The van der Waals surface area contributed by atoms with Crippen molar-refractivity contribution in [1.82, 2.24) is 4.98 Å². The lowest BCUT2D eigenvalue weighted by Gasteiger charge is -2.01. The summed E-state index contributed by atoms with van der Waals surface area (Å²) in [6.45, 7) is 0. The molecule has 0 amide bonds. The quantitative estimate of drug-likeness (QED) is 0.782. The van der Waals surface area contributed by atoms with Crippen molar-refractivity contribution in [3.8, 4) is 6.07 Å². The third-order valence-corrected chi connectivity index (χ3v) is 1.46. The van der Waals surface area contributed by atoms with Gasteiger partial charge in [-0.3, -0.25) is 0 Å². The Morgan fingerprint density at radius 3 is 2.64 bits per heavy atom. The van der Waals surface area contributed by atoms with Gasteiger partial charge in [-0.1, -0.05) is 0 Å². The third kappa shape index (κ3) is 1.82. The molecular formula is C8H4F2N2O2. The maximum Gasteiger partial charge on any atom is 0.355 e. The molecule has 6 heteroatoms. The standard InChI is InChI=1S/C8H4F2N2O2/c9-7(10)5-2-1-4(3-11)6(12-5)8(13)14/h1-2,7H,(H,13,14). The number of carboxylic acid groups (broad SMARTS) is 1. The number of nitrogens with zero attached hydrogens (tertiary/aromatic N) is 2. The van der Waals surface area contributed by atoms with Crippen LogP contribution < -0.4 is 0 Å². The zero-order valence-electron chi connectivity index (χ0n) is 6.74. The van der Waals surface area contributed by atoms with Crippen LogP contribution in [-0.4, -0.2) is 16.1 Å². The van der Waals surface area contributed by atoms with Crippen LogP contribution in [0.2, 0.25) is 0 Å². The highest BCUT2D eigenvalue weighted by Gasteiger charge is 2.16. The van der Waals surface area contributed by atoms with Crippen LogP contribution in [0.5, 0.6) is 0 Å². The molecule has 0 spiro atoms. The first-order valence-electron chi connectivity index (χ1n) is 3.48. The molecule has 0 saturated carbocycles. The number of hydrogen-bond donors (Lipinski definition) is 1. The summed E-state index contributed by atoms with van der Waals surface area (Å²) in [6, 6.07) is 3.49. The number of aromatic carboxylic acids is 1. The molecular weight excluding hydrogens is 194 g/mol. The van der Waals surface area contributed by atoms with Crippen LogP contribution in [0, 0.1) is 11.3 Å². The number of rotatable bonds is 2. The molecule has 4 nitrogen and oxygen atoms in total. The van der Waals surface area contributed by atoms with E-state index in [0.717, 1.165) is 12.1 Å². The number of alkyl halides is 2. The van der Waals surface area contributed by atoms with Crippen molar-refractivity contribution in [2.45, 2.75) is 6.43 Å². The Morgan fingerprint density at radius 1 is 1.57 bits per heavy atom. The summed E-state index contributed by atoms with van der Waals surface area (Å²) in [5, 5.41) is 17.0. The van der Waals surface area contributed by atoms with E-state index in [1.54, 1.807) is 6.07 Å². The fourth-order valence-electron chi connectivity index (χ4n) is 0.849. The molecule has 0 aliphatic heterocycles. The van der Waals surface area contributed by atoms with Gasteiger partial charge in [0, 0.05) is 0 Å². The van der Waals surface area contributed by atoms with Crippen molar-refractivity contribution in [2.75, 3.05) is 0 Å². The van der Waals surface area contributed by atoms with Crippen molar-refractivity contribution in [2.24, 2.45) is 0 Å². The average Bonchev–Trinajstić information content (AvgIpc) is 2.16. The monoisotopic (exact) mass is 198 g/mol. The van der Waals surface area contributed by atoms with Crippen LogP contribution in [0.15, 0.2) is 12.1 Å². The molecule has 1 aromatic rings. The highest BCUT2D eigenvalue weighted by Crippen LogP contribution is 2.17. The Labute approximate surface area is 77.4 Å². The average molecular weight is 198 g/mol. The zero-order valence-corrected chi connectivity index (χ0v) is 6.74. The second-order valence-corrected chi connectivity index (χ2v) is 2.35. The van der Waals surface area contributed by atoms with Crippen LogP contribution in [-0.2, 0) is 0 Å². The van der Waals surface area contributed by atoms with E-state index in [0.29, 0.717) is 0 Å². The van der Waals surface area contributed by atoms with E-state index in [2.05, 4.69) is 4.98 Å². The highest BCUT2D eigenvalue weighted by atomic mass is 19.3. The van der Waals surface area contributed by atoms with Crippen molar-refractivity contribution in [3.05, 3.63) is 29.1 Å². The molecule has 0 fully saturated rings. The highest BCUT2D eigenvalue weighted by molar-refractivity contribution is 5.88. The van der Waals surface area contributed by atoms with E-state index < -0.39 is 23.8 Å². The number of carboxylic acids is 1. The van der Waals surface area contributed by atoms with Gasteiger partial charge in [-0.05, 0) is 12.1 Å². The largest absolute Gasteiger partial charge is 0.476 e. The summed E-state index contributed by atoms with van der Waals surface area (Å²) in [5.41, 5.74) is -1.53. The molecule has 0 atom stereocenters. The minimum Gasteiger partial charge on any atom is -0.476 e. The summed E-state index contributed by atoms with van der Waals surface area (Å²) >= 11 is 0. The predicted molar refractivity (Wildman–Crippen MR) is 40.9 cm³/mol. The van der Waals surface area contributed by atoms with Gasteiger partial charge in [0.2, 0.25) is 0 Å². The number of aromatic nitrogens is 1. The molecule has 0 saturated heterocycles. The summed E-state index contributed by atoms with van der Waals surface area (Å²) in [5.74, 6) is -1.50. The smallest absolute Gasteiger partial charge is 0.355 e. The fourth-order valence-corrected chi connectivity index (χ4v) is 0.849. The lowest BCUT2D eigenvalue weighted by molar-refractivity contribution is 0.0688. The molecule has 72 valence electrons. The molecule has 0 aromatic carbocycles. The number of halogens is 2. The molecule has 1 heterocycles. The number of nitriles is 1. The zero-order chi connectivity index (χ0) is 10.7. The fraction of sp³-hybridized carbons (Fsp3) is 0.125. The van der Waals surface area contributed by atoms with Gasteiger partial charge in [0.1, 0.15) is 11.8 Å². The minimum atomic E-state index is -2.85. The summed E-state index contributed by atoms with van der Waals surface area (Å²) in [6.07, 6.45) is -2.85. The maximum absolute atomic E-state index is 12.1. The van der Waals surface area contributed by atoms with Crippen LogP contribution in [0.4, 0.5) is 8.78 Å². The molecule has 0 aliphatic rings. The molecule has 0 aliphatic carbocycles. The lowest BCUT2D eigenvalue weighted by Crippen LogP contribution is -2.06. The number of carbonyl (C=O) groups is 1. The Bertz CT molecular complexity index is 412. The molecule has 1 aromatic heterocycles. The SMILES string of the molecule is N#Cc1ccc(C(F)F)nc1C(=O)O. The second-order valence-electron chi connectivity index (χ2n) is 2.35. The van der Waals surface area contributed by atoms with Gasteiger partial charge in [0.15, 0.2) is 5.69 Å². The van der Waals surface area contributed by atoms with E-state index in [1.165, 1.54) is 0 Å². The number of pyridine rings is 1. The predicted octanol–water partition coefficient (Wildman–Crippen LogP) is 1.59. The van der Waals surface area contributed by atoms with Crippen LogP contribution in [0.25, 0.3) is 0 Å². The first-order valence-corrected chi connectivity index (χ1v) is 3.48. The van der Waals surface area contributed by atoms with Crippen molar-refractivity contribution >= 4 is 5.97 Å². The molecule has 0 bridgehead atoms. The topological polar surface area (TPSA) is 74.0 Å². The Kier molecular flexibility index (Phi) is 2.72. The Morgan fingerprint density at radius 2 is 2.21 bits per heavy atom. The van der Waals surface area contributed by atoms with Crippen LogP contribution in [0.1, 0.15) is 28.2 Å². The third-order valence-electron chi connectivity index (χ3n) is 1.46. The van der Waals surface area contributed by atoms with Crippen LogP contribution >= 0.6 is 0 Å². The van der Waals surface area contributed by atoms with Crippen LogP contribution in [0.3, 0.4) is 0 Å². The minimum absolute atomic E-state index is 0.234. The molecule has 0 radical (unpaired) electrons. The normalized spacial score (nSPS) is 9.86. The number of hydrogen-bond acceptors (Lipinski definition) is 3. The summed E-state index contributed by atoms with van der Waals surface area (Å²) < 4.78 is 24.2. The van der Waals surface area contributed by atoms with Gasteiger partial charge >= 0.3 is 5.97 Å². The van der Waals surface area contributed by atoms with Crippen molar-refractivity contribution in [1.29, 1.82) is 5.26 Å². The van der Waals surface area contributed by atoms with Crippen molar-refractivity contribution in [3.63, 3.8) is 0 Å². The van der Waals surface area contributed by atoms with Gasteiger partial charge in [0.05, 0.1) is 5.56 Å². The second kappa shape index (κ2) is 3.79. The van der Waals surface area contributed by atoms with Gasteiger partial charge in [0.25, 0.3) is 6.43 Å². The van der Waals surface area contributed by atoms with E-state index in [4.69, 9.17) is 10.4 Å². The molecule has 14 heavy (non-hydrogen) atoms. The summed E-state index contributed by atoms with van der Waals surface area (Å²) in [4.78, 5) is 13.7. The van der Waals surface area contributed by atoms with E-state index in [-0.39, 0.29) is 5.56 Å². The van der Waals surface area contributed by atoms with Gasteiger partial charge in [-0.25, -0.2) is 18.6 Å².